The second kappa shape index (κ2) is 7.11. The van der Waals surface area contributed by atoms with E-state index < -0.39 is 0 Å². The van der Waals surface area contributed by atoms with Gasteiger partial charge in [0.15, 0.2) is 0 Å². The minimum atomic E-state index is -0.214. The van der Waals surface area contributed by atoms with Crippen LogP contribution in [0.1, 0.15) is 19.3 Å². The molecule has 0 saturated carbocycles. The van der Waals surface area contributed by atoms with Crippen LogP contribution in [0.5, 0.6) is 0 Å². The van der Waals surface area contributed by atoms with Crippen LogP contribution >= 0.6 is 12.4 Å². The molecule has 0 spiro atoms. The SMILES string of the molecule is Cl.O=C(C1CC(=O)N(c2cn[nH]c2)C1)N1CC[C@@H]2CNC[C@@H]2CC1. The second-order valence-electron chi connectivity index (χ2n) is 6.94. The molecule has 3 aliphatic heterocycles. The predicted octanol–water partition coefficient (Wildman–Crippen LogP) is 0.642. The monoisotopic (exact) mass is 353 g/mol. The van der Waals surface area contributed by atoms with Crippen molar-refractivity contribution in [1.29, 1.82) is 0 Å². The molecule has 0 aromatic carbocycles. The van der Waals surface area contributed by atoms with Crippen molar-refractivity contribution in [3.8, 4) is 0 Å². The number of amides is 2. The van der Waals surface area contributed by atoms with E-state index in [1.807, 2.05) is 4.90 Å². The van der Waals surface area contributed by atoms with Gasteiger partial charge in [0.05, 0.1) is 17.8 Å². The van der Waals surface area contributed by atoms with Crippen LogP contribution in [-0.2, 0) is 9.59 Å². The van der Waals surface area contributed by atoms with Gasteiger partial charge in [0.25, 0.3) is 0 Å². The molecule has 2 N–H and O–H groups in total. The highest BCUT2D eigenvalue weighted by atomic mass is 35.5. The van der Waals surface area contributed by atoms with Crippen LogP contribution in [0.15, 0.2) is 12.4 Å². The average Bonchev–Trinajstić information content (AvgIpc) is 3.26. The molecule has 0 bridgehead atoms. The Morgan fingerprint density at radius 3 is 2.54 bits per heavy atom. The van der Waals surface area contributed by atoms with E-state index in [2.05, 4.69) is 15.5 Å². The largest absolute Gasteiger partial charge is 0.342 e. The molecule has 0 radical (unpaired) electrons. The summed E-state index contributed by atoms with van der Waals surface area (Å²) >= 11 is 0. The minimum absolute atomic E-state index is 0. The van der Waals surface area contributed by atoms with E-state index in [0.29, 0.717) is 24.8 Å². The maximum absolute atomic E-state index is 12.8. The molecule has 3 aliphatic rings. The highest BCUT2D eigenvalue weighted by Crippen LogP contribution is 2.30. The molecule has 7 nitrogen and oxygen atoms in total. The highest BCUT2D eigenvalue weighted by Gasteiger charge is 2.39. The lowest BCUT2D eigenvalue weighted by Gasteiger charge is -2.24. The number of carbonyl (C=O) groups is 2. The summed E-state index contributed by atoms with van der Waals surface area (Å²) in [7, 11) is 0. The second-order valence-corrected chi connectivity index (χ2v) is 6.94. The first-order chi connectivity index (χ1) is 11.2. The fourth-order valence-corrected chi connectivity index (χ4v) is 4.21. The Kier molecular flexibility index (Phi) is 5.10. The topological polar surface area (TPSA) is 81.3 Å². The lowest BCUT2D eigenvalue weighted by molar-refractivity contribution is -0.135. The number of fused-ring (bicyclic) bond motifs is 1. The summed E-state index contributed by atoms with van der Waals surface area (Å²) in [4.78, 5) is 28.7. The van der Waals surface area contributed by atoms with Crippen LogP contribution < -0.4 is 10.2 Å². The molecule has 3 fully saturated rings. The molecule has 2 amide bonds. The lowest BCUT2D eigenvalue weighted by Crippen LogP contribution is -2.38. The van der Waals surface area contributed by atoms with E-state index in [-0.39, 0.29) is 30.1 Å². The minimum Gasteiger partial charge on any atom is -0.342 e. The molecule has 4 rings (SSSR count). The number of H-pyrrole nitrogens is 1. The summed E-state index contributed by atoms with van der Waals surface area (Å²) in [5.74, 6) is 1.37. The first-order valence-electron chi connectivity index (χ1n) is 8.51. The van der Waals surface area contributed by atoms with Gasteiger partial charge in [-0.2, -0.15) is 5.10 Å². The molecule has 1 aromatic rings. The molecular formula is C16H24ClN5O2. The Bertz CT molecular complexity index is 579. The van der Waals surface area contributed by atoms with Crippen molar-refractivity contribution in [2.75, 3.05) is 37.6 Å². The van der Waals surface area contributed by atoms with Gasteiger partial charge in [-0.3, -0.25) is 14.7 Å². The number of anilines is 1. The number of aromatic nitrogens is 2. The number of rotatable bonds is 2. The fourth-order valence-electron chi connectivity index (χ4n) is 4.21. The molecule has 24 heavy (non-hydrogen) atoms. The first kappa shape index (κ1) is 17.2. The van der Waals surface area contributed by atoms with Crippen LogP contribution in [0.4, 0.5) is 5.69 Å². The molecule has 3 atom stereocenters. The Morgan fingerprint density at radius 1 is 1.21 bits per heavy atom. The van der Waals surface area contributed by atoms with E-state index in [9.17, 15) is 9.59 Å². The highest BCUT2D eigenvalue weighted by molar-refractivity contribution is 6.00. The number of likely N-dealkylation sites (tertiary alicyclic amines) is 1. The molecule has 1 aromatic heterocycles. The van der Waals surface area contributed by atoms with Crippen molar-refractivity contribution in [2.45, 2.75) is 19.3 Å². The van der Waals surface area contributed by atoms with Gasteiger partial charge in [-0.1, -0.05) is 0 Å². The number of aromatic amines is 1. The van der Waals surface area contributed by atoms with Crippen LogP contribution in [0.2, 0.25) is 0 Å². The quantitative estimate of drug-likeness (QED) is 0.817. The van der Waals surface area contributed by atoms with E-state index >= 15 is 0 Å². The summed E-state index contributed by atoms with van der Waals surface area (Å²) < 4.78 is 0. The van der Waals surface area contributed by atoms with Gasteiger partial charge in [0, 0.05) is 32.3 Å². The summed E-state index contributed by atoms with van der Waals surface area (Å²) in [5, 5.41) is 10.1. The van der Waals surface area contributed by atoms with Gasteiger partial charge in [0.1, 0.15) is 0 Å². The van der Waals surface area contributed by atoms with Gasteiger partial charge < -0.3 is 15.1 Å². The van der Waals surface area contributed by atoms with Crippen molar-refractivity contribution in [2.24, 2.45) is 17.8 Å². The first-order valence-corrected chi connectivity index (χ1v) is 8.51. The molecule has 0 aliphatic carbocycles. The predicted molar refractivity (Wildman–Crippen MR) is 92.0 cm³/mol. The molecule has 4 heterocycles. The van der Waals surface area contributed by atoms with Crippen molar-refractivity contribution < 1.29 is 9.59 Å². The van der Waals surface area contributed by atoms with Gasteiger partial charge >= 0.3 is 0 Å². The Balaban J connectivity index is 0.00000169. The zero-order chi connectivity index (χ0) is 15.8. The number of hydrogen-bond donors (Lipinski definition) is 2. The van der Waals surface area contributed by atoms with Crippen LogP contribution in [-0.4, -0.2) is 59.6 Å². The molecule has 8 heteroatoms. The maximum Gasteiger partial charge on any atom is 0.228 e. The number of halogens is 1. The molecular weight excluding hydrogens is 330 g/mol. The van der Waals surface area contributed by atoms with Crippen molar-refractivity contribution in [1.82, 2.24) is 20.4 Å². The Hall–Kier alpha value is -1.60. The zero-order valence-electron chi connectivity index (χ0n) is 13.6. The van der Waals surface area contributed by atoms with Crippen LogP contribution in [0, 0.1) is 17.8 Å². The Labute approximate surface area is 147 Å². The standard InChI is InChI=1S/C16H23N5O2.ClH/c22-15-5-13(10-21(15)14-8-18-19-9-14)16(23)20-3-1-11-6-17-7-12(11)2-4-20;/h8-9,11-13,17H,1-7,10H2,(H,18,19);1H/t11-,12+,13?;. The fraction of sp³-hybridized carbons (Fsp3) is 0.688. The number of nitrogens with zero attached hydrogens (tertiary/aromatic N) is 3. The van der Waals surface area contributed by atoms with Crippen LogP contribution in [0.25, 0.3) is 0 Å². The number of hydrogen-bond acceptors (Lipinski definition) is 4. The maximum atomic E-state index is 12.8. The third-order valence-electron chi connectivity index (χ3n) is 5.60. The summed E-state index contributed by atoms with van der Waals surface area (Å²) in [6, 6.07) is 0. The number of carbonyl (C=O) groups excluding carboxylic acids is 2. The molecule has 132 valence electrons. The third kappa shape index (κ3) is 3.15. The normalized spacial score (nSPS) is 30.0. The van der Waals surface area contributed by atoms with Crippen molar-refractivity contribution >= 4 is 29.9 Å². The lowest BCUT2D eigenvalue weighted by atomic mass is 9.92. The number of nitrogens with one attached hydrogen (secondary N) is 2. The smallest absolute Gasteiger partial charge is 0.228 e. The van der Waals surface area contributed by atoms with Crippen molar-refractivity contribution in [3.63, 3.8) is 0 Å². The zero-order valence-corrected chi connectivity index (χ0v) is 14.4. The third-order valence-corrected chi connectivity index (χ3v) is 5.60. The van der Waals surface area contributed by atoms with E-state index in [1.165, 1.54) is 0 Å². The van der Waals surface area contributed by atoms with Gasteiger partial charge in [-0.05, 0) is 37.8 Å². The summed E-state index contributed by atoms with van der Waals surface area (Å²) in [6.07, 6.45) is 5.80. The van der Waals surface area contributed by atoms with Crippen LogP contribution in [0.3, 0.4) is 0 Å². The van der Waals surface area contributed by atoms with E-state index in [0.717, 1.165) is 44.7 Å². The van der Waals surface area contributed by atoms with E-state index in [4.69, 9.17) is 0 Å². The Morgan fingerprint density at radius 2 is 1.92 bits per heavy atom. The van der Waals surface area contributed by atoms with E-state index in [1.54, 1.807) is 17.3 Å². The van der Waals surface area contributed by atoms with Gasteiger partial charge in [0.2, 0.25) is 11.8 Å². The average molecular weight is 354 g/mol. The molecule has 1 unspecified atom stereocenters. The molecule has 3 saturated heterocycles. The van der Waals surface area contributed by atoms with Crippen molar-refractivity contribution in [3.05, 3.63) is 12.4 Å². The summed E-state index contributed by atoms with van der Waals surface area (Å²) in [6.45, 7) is 4.31. The van der Waals surface area contributed by atoms with Gasteiger partial charge in [-0.25, -0.2) is 0 Å². The summed E-state index contributed by atoms with van der Waals surface area (Å²) in [5.41, 5.74) is 0.752. The van der Waals surface area contributed by atoms with Gasteiger partial charge in [-0.15, -0.1) is 12.4 Å².